The molecule has 2 aromatic carbocycles. The smallest absolute Gasteiger partial charge is 0.453 e. The Balaban J connectivity index is 1.19. The molecular formula is C42H48ClF3N8O9. The molecule has 0 saturated carbocycles. The van der Waals surface area contributed by atoms with Gasteiger partial charge in [0.25, 0.3) is 5.91 Å². The summed E-state index contributed by atoms with van der Waals surface area (Å²) < 4.78 is 55.8. The number of carbonyl (C=O) groups is 4. The van der Waals surface area contributed by atoms with E-state index >= 15 is 0 Å². The number of methoxy groups -OCH3 is 2. The molecule has 2 aliphatic heterocycles. The van der Waals surface area contributed by atoms with E-state index < -0.39 is 48.1 Å². The minimum atomic E-state index is -5.11. The van der Waals surface area contributed by atoms with Crippen LogP contribution in [-0.4, -0.2) is 131 Å². The van der Waals surface area contributed by atoms with Crippen LogP contribution in [0.4, 0.5) is 29.5 Å². The van der Waals surface area contributed by atoms with E-state index in [2.05, 4.69) is 30.1 Å². The maximum Gasteiger partial charge on any atom is 0.573 e. The van der Waals surface area contributed by atoms with Gasteiger partial charge in [-0.3, -0.25) is 14.4 Å². The van der Waals surface area contributed by atoms with Crippen LogP contribution in [-0.2, 0) is 25.7 Å². The van der Waals surface area contributed by atoms with Crippen LogP contribution >= 0.6 is 11.6 Å². The first kappa shape index (κ1) is 46.5. The van der Waals surface area contributed by atoms with Gasteiger partial charge in [-0.05, 0) is 44.5 Å². The summed E-state index contributed by atoms with van der Waals surface area (Å²) in [6.07, 6.45) is -4.52. The quantitative estimate of drug-likeness (QED) is 0.118. The average molecular weight is 901 g/mol. The number of likely N-dealkylation sites (tertiary alicyclic amines) is 1. The number of benzene rings is 2. The predicted molar refractivity (Wildman–Crippen MR) is 224 cm³/mol. The van der Waals surface area contributed by atoms with Crippen molar-refractivity contribution in [1.82, 2.24) is 30.1 Å². The van der Waals surface area contributed by atoms with Crippen molar-refractivity contribution in [2.75, 3.05) is 63.8 Å². The lowest BCUT2D eigenvalue weighted by molar-refractivity contribution is -0.274. The van der Waals surface area contributed by atoms with Crippen LogP contribution in [0.3, 0.4) is 0 Å². The Morgan fingerprint density at radius 2 is 1.71 bits per heavy atom. The molecule has 4 amide bonds. The lowest BCUT2D eigenvalue weighted by Crippen LogP contribution is -2.56. The SMILES string of the molecule is COC(=O)NCC(=O)N1C[C@@H](OC)C[C@H]1c1nc(-c2ccc(-c3cc(Cl)c(NC(=O)c4ccc(N5CCN(C(=O)C(C)(C)CO)C[C@H]5C)nc4)cc3OC(F)(F)F)cc2)c(CO)[nH]1. The number of hydrogen-bond acceptors (Lipinski definition) is 12. The normalized spacial score (nSPS) is 18.0. The molecule has 2 aromatic heterocycles. The molecule has 0 unspecified atom stereocenters. The number of anilines is 2. The fourth-order valence-corrected chi connectivity index (χ4v) is 7.73. The van der Waals surface area contributed by atoms with Crippen molar-refractivity contribution in [3.63, 3.8) is 0 Å². The Labute approximate surface area is 365 Å². The molecule has 21 heteroatoms. The second-order valence-corrected chi connectivity index (χ2v) is 16.2. The largest absolute Gasteiger partial charge is 0.573 e. The third-order valence-corrected chi connectivity index (χ3v) is 11.3. The molecule has 4 aromatic rings. The minimum Gasteiger partial charge on any atom is -0.453 e. The minimum absolute atomic E-state index is 0.0416. The second-order valence-electron chi connectivity index (χ2n) is 15.8. The molecule has 17 nitrogen and oxygen atoms in total. The number of amides is 4. The van der Waals surface area contributed by atoms with Crippen LogP contribution in [0.2, 0.25) is 5.02 Å². The number of alkyl carbamates (subject to hydrolysis) is 1. The van der Waals surface area contributed by atoms with Crippen molar-refractivity contribution in [3.05, 3.63) is 76.8 Å². The highest BCUT2D eigenvalue weighted by Crippen LogP contribution is 2.41. The van der Waals surface area contributed by atoms with Gasteiger partial charge in [-0.2, -0.15) is 0 Å². The molecule has 338 valence electrons. The summed E-state index contributed by atoms with van der Waals surface area (Å²) in [6.45, 7) is 5.73. The topological polar surface area (TPSA) is 212 Å². The summed E-state index contributed by atoms with van der Waals surface area (Å²) in [7, 11) is 2.69. The third kappa shape index (κ3) is 10.6. The molecule has 0 radical (unpaired) electrons. The Bertz CT molecular complexity index is 2310. The molecule has 0 bridgehead atoms. The number of ether oxygens (including phenoxy) is 3. The number of hydrogen-bond donors (Lipinski definition) is 5. The van der Waals surface area contributed by atoms with Crippen LogP contribution in [0, 0.1) is 5.41 Å². The van der Waals surface area contributed by atoms with E-state index in [4.69, 9.17) is 21.3 Å². The number of halogens is 4. The molecular weight excluding hydrogens is 853 g/mol. The molecule has 3 atom stereocenters. The third-order valence-electron chi connectivity index (χ3n) is 11.0. The number of pyridine rings is 1. The fraction of sp³-hybridized carbons (Fsp3) is 0.429. The zero-order valence-electron chi connectivity index (χ0n) is 35.1. The molecule has 63 heavy (non-hydrogen) atoms. The summed E-state index contributed by atoms with van der Waals surface area (Å²) in [5.41, 5.74) is 0.401. The first-order valence-electron chi connectivity index (χ1n) is 19.8. The van der Waals surface area contributed by atoms with Crippen molar-refractivity contribution in [2.24, 2.45) is 5.41 Å². The van der Waals surface area contributed by atoms with Gasteiger partial charge in [0.1, 0.15) is 23.9 Å². The number of aromatic amines is 1. The van der Waals surface area contributed by atoms with E-state index in [1.807, 2.05) is 11.8 Å². The first-order chi connectivity index (χ1) is 29.9. The lowest BCUT2D eigenvalue weighted by atomic mass is 9.92. The Kier molecular flexibility index (Phi) is 14.2. The van der Waals surface area contributed by atoms with E-state index in [0.717, 1.165) is 6.07 Å². The predicted octanol–water partition coefficient (Wildman–Crippen LogP) is 5.14. The summed E-state index contributed by atoms with van der Waals surface area (Å²) in [5, 5.41) is 24.7. The van der Waals surface area contributed by atoms with Crippen molar-refractivity contribution < 1.29 is 56.8 Å². The molecule has 4 heterocycles. The van der Waals surface area contributed by atoms with Gasteiger partial charge in [-0.1, -0.05) is 35.9 Å². The van der Waals surface area contributed by atoms with Crippen molar-refractivity contribution in [2.45, 2.75) is 58.3 Å². The van der Waals surface area contributed by atoms with Gasteiger partial charge in [0.05, 0.1) is 65.5 Å². The number of nitrogens with one attached hydrogen (secondary N) is 3. The molecule has 0 aliphatic carbocycles. The number of H-pyrrole nitrogens is 1. The number of nitrogens with zero attached hydrogens (tertiary/aromatic N) is 5. The second kappa shape index (κ2) is 19.2. The summed E-state index contributed by atoms with van der Waals surface area (Å²) in [5.74, 6) is -0.997. The van der Waals surface area contributed by atoms with Gasteiger partial charge in [0.2, 0.25) is 11.8 Å². The number of alkyl halides is 3. The zero-order chi connectivity index (χ0) is 45.8. The summed E-state index contributed by atoms with van der Waals surface area (Å²) in [4.78, 5) is 68.3. The van der Waals surface area contributed by atoms with Crippen molar-refractivity contribution in [1.29, 1.82) is 0 Å². The number of carbonyl (C=O) groups excluding carboxylic acids is 4. The first-order valence-corrected chi connectivity index (χ1v) is 20.2. The Morgan fingerprint density at radius 3 is 2.32 bits per heavy atom. The van der Waals surface area contributed by atoms with Crippen LogP contribution in [0.15, 0.2) is 54.7 Å². The highest BCUT2D eigenvalue weighted by atomic mass is 35.5. The number of aliphatic hydroxyl groups is 2. The van der Waals surface area contributed by atoms with E-state index in [1.54, 1.807) is 36.9 Å². The van der Waals surface area contributed by atoms with Gasteiger partial charge < -0.3 is 54.7 Å². The molecule has 6 rings (SSSR count). The molecule has 2 fully saturated rings. The van der Waals surface area contributed by atoms with Crippen LogP contribution < -0.4 is 20.3 Å². The number of imidazole rings is 1. The van der Waals surface area contributed by atoms with Crippen LogP contribution in [0.25, 0.3) is 22.4 Å². The van der Waals surface area contributed by atoms with Crippen molar-refractivity contribution in [3.8, 4) is 28.1 Å². The standard InChI is InChI=1S/C42H48ClF3N8O9/c1-23-19-52(39(59)41(2,3)22-56)12-13-53(23)34-11-10-26(17-47-34)38(58)50-30-16-33(63-42(44,45)46)28(15-29(30)43)24-6-8-25(9-7-24)36-31(21-55)49-37(51-36)32-14-27(61-4)20-54(32)35(57)18-48-40(60)62-5/h6-11,15-17,23,27,32,55-56H,12-14,18-22H2,1-5H3,(H,48,60)(H,49,51)(H,50,58)/t23-,27+,32+/m1/s1. The van der Waals surface area contributed by atoms with Gasteiger partial charge in [0.15, 0.2) is 0 Å². The van der Waals surface area contributed by atoms with E-state index in [-0.39, 0.29) is 65.1 Å². The summed E-state index contributed by atoms with van der Waals surface area (Å²) >= 11 is 6.58. The monoisotopic (exact) mass is 900 g/mol. The number of piperazine rings is 1. The number of rotatable bonds is 13. The van der Waals surface area contributed by atoms with Gasteiger partial charge in [0, 0.05) is 69.1 Å². The maximum absolute atomic E-state index is 13.8. The Morgan fingerprint density at radius 1 is 1.00 bits per heavy atom. The average Bonchev–Trinajstić information content (AvgIpc) is 3.91. The summed E-state index contributed by atoms with van der Waals surface area (Å²) in [6, 6.07) is 10.8. The van der Waals surface area contributed by atoms with Crippen molar-refractivity contribution >= 4 is 46.9 Å². The molecule has 2 saturated heterocycles. The highest BCUT2D eigenvalue weighted by molar-refractivity contribution is 6.34. The Hall–Kier alpha value is -5.96. The fourth-order valence-electron chi connectivity index (χ4n) is 7.52. The number of aromatic nitrogens is 3. The lowest BCUT2D eigenvalue weighted by Gasteiger charge is -2.42. The zero-order valence-corrected chi connectivity index (χ0v) is 35.8. The van der Waals surface area contributed by atoms with E-state index in [1.165, 1.54) is 49.6 Å². The van der Waals surface area contributed by atoms with Crippen LogP contribution in [0.1, 0.15) is 55.1 Å². The van der Waals surface area contributed by atoms with Gasteiger partial charge >= 0.3 is 12.5 Å². The number of aliphatic hydroxyl groups excluding tert-OH is 2. The molecule has 0 spiro atoms. The van der Waals surface area contributed by atoms with E-state index in [9.17, 15) is 42.6 Å². The van der Waals surface area contributed by atoms with Crippen LogP contribution in [0.5, 0.6) is 5.75 Å². The van der Waals surface area contributed by atoms with Gasteiger partial charge in [-0.15, -0.1) is 13.2 Å². The highest BCUT2D eigenvalue weighted by Gasteiger charge is 2.39. The molecule has 5 N–H and O–H groups in total. The van der Waals surface area contributed by atoms with Gasteiger partial charge in [-0.25, -0.2) is 14.8 Å². The maximum atomic E-state index is 13.8. The van der Waals surface area contributed by atoms with E-state index in [0.29, 0.717) is 54.6 Å². The molecule has 2 aliphatic rings.